The molecular formula is C17H18BrNO. The Kier molecular flexibility index (Phi) is 4.61. The Hall–Kier alpha value is -1.61. The maximum absolute atomic E-state index is 12.4. The molecule has 2 nitrogen and oxygen atoms in total. The SMILES string of the molecule is CC(C)(NC(=O)c1cccc(CBr)c1)c1ccccc1. The molecule has 0 radical (unpaired) electrons. The summed E-state index contributed by atoms with van der Waals surface area (Å²) in [5.41, 5.74) is 2.47. The van der Waals surface area contributed by atoms with Crippen molar-refractivity contribution in [2.75, 3.05) is 0 Å². The zero-order valence-electron chi connectivity index (χ0n) is 11.7. The van der Waals surface area contributed by atoms with Gasteiger partial charge in [-0.2, -0.15) is 0 Å². The number of hydrogen-bond donors (Lipinski definition) is 1. The molecule has 0 fully saturated rings. The van der Waals surface area contributed by atoms with Gasteiger partial charge in [-0.05, 0) is 37.1 Å². The van der Waals surface area contributed by atoms with E-state index in [2.05, 4.69) is 21.2 Å². The van der Waals surface area contributed by atoms with Crippen molar-refractivity contribution in [1.82, 2.24) is 5.32 Å². The molecule has 0 aliphatic heterocycles. The van der Waals surface area contributed by atoms with Gasteiger partial charge in [0.1, 0.15) is 0 Å². The van der Waals surface area contributed by atoms with Crippen LogP contribution < -0.4 is 5.32 Å². The third-order valence-corrected chi connectivity index (χ3v) is 3.91. The predicted octanol–water partition coefficient (Wildman–Crippen LogP) is 4.25. The van der Waals surface area contributed by atoms with Crippen LogP contribution in [0, 0.1) is 0 Å². The summed E-state index contributed by atoms with van der Waals surface area (Å²) in [6, 6.07) is 17.6. The lowest BCUT2D eigenvalue weighted by Gasteiger charge is -2.27. The highest BCUT2D eigenvalue weighted by Crippen LogP contribution is 2.20. The maximum atomic E-state index is 12.4. The molecule has 0 spiro atoms. The number of nitrogens with one attached hydrogen (secondary N) is 1. The number of benzene rings is 2. The number of hydrogen-bond acceptors (Lipinski definition) is 1. The van der Waals surface area contributed by atoms with E-state index < -0.39 is 5.54 Å². The summed E-state index contributed by atoms with van der Waals surface area (Å²) in [5, 5.41) is 3.83. The highest BCUT2D eigenvalue weighted by atomic mass is 79.9. The first kappa shape index (κ1) is 14.8. The van der Waals surface area contributed by atoms with Gasteiger partial charge in [0.2, 0.25) is 0 Å². The van der Waals surface area contributed by atoms with Crippen molar-refractivity contribution in [1.29, 1.82) is 0 Å². The van der Waals surface area contributed by atoms with Crippen LogP contribution in [0.4, 0.5) is 0 Å². The fraction of sp³-hybridized carbons (Fsp3) is 0.235. The van der Waals surface area contributed by atoms with Crippen molar-refractivity contribution >= 4 is 21.8 Å². The Balaban J connectivity index is 2.18. The molecule has 0 heterocycles. The summed E-state index contributed by atoms with van der Waals surface area (Å²) >= 11 is 3.41. The smallest absolute Gasteiger partial charge is 0.251 e. The second-order valence-corrected chi connectivity index (χ2v) is 5.84. The van der Waals surface area contributed by atoms with Crippen LogP contribution in [0.5, 0.6) is 0 Å². The third-order valence-electron chi connectivity index (χ3n) is 3.26. The average molecular weight is 332 g/mol. The van der Waals surface area contributed by atoms with Crippen LogP contribution in [0.15, 0.2) is 54.6 Å². The highest BCUT2D eigenvalue weighted by Gasteiger charge is 2.23. The van der Waals surface area contributed by atoms with E-state index in [0.717, 1.165) is 16.5 Å². The Labute approximate surface area is 128 Å². The van der Waals surface area contributed by atoms with Gasteiger partial charge < -0.3 is 5.32 Å². The third kappa shape index (κ3) is 3.48. The molecule has 2 aromatic carbocycles. The lowest BCUT2D eigenvalue weighted by molar-refractivity contribution is 0.0912. The monoisotopic (exact) mass is 331 g/mol. The normalized spacial score (nSPS) is 11.2. The Bertz CT molecular complexity index is 593. The molecule has 0 saturated heterocycles. The molecule has 0 bridgehead atoms. The van der Waals surface area contributed by atoms with Crippen molar-refractivity contribution in [2.45, 2.75) is 24.7 Å². The van der Waals surface area contributed by atoms with E-state index in [1.54, 1.807) is 0 Å². The van der Waals surface area contributed by atoms with Crippen LogP contribution >= 0.6 is 15.9 Å². The first-order valence-electron chi connectivity index (χ1n) is 6.56. The maximum Gasteiger partial charge on any atom is 0.251 e. The molecule has 104 valence electrons. The van der Waals surface area contributed by atoms with E-state index in [0.29, 0.717) is 5.56 Å². The molecular weight excluding hydrogens is 314 g/mol. The second-order valence-electron chi connectivity index (χ2n) is 5.28. The van der Waals surface area contributed by atoms with Gasteiger partial charge in [0, 0.05) is 10.9 Å². The lowest BCUT2D eigenvalue weighted by atomic mass is 9.94. The zero-order valence-corrected chi connectivity index (χ0v) is 13.3. The molecule has 2 aromatic rings. The van der Waals surface area contributed by atoms with Crippen LogP contribution in [0.2, 0.25) is 0 Å². The number of amides is 1. The first-order chi connectivity index (χ1) is 9.53. The molecule has 0 aromatic heterocycles. The summed E-state index contributed by atoms with van der Waals surface area (Å²) < 4.78 is 0. The zero-order chi connectivity index (χ0) is 14.6. The standard InChI is InChI=1S/C17H18BrNO/c1-17(2,15-9-4-3-5-10-15)19-16(20)14-8-6-7-13(11-14)12-18/h3-11H,12H2,1-2H3,(H,19,20). The van der Waals surface area contributed by atoms with Gasteiger partial charge in [-0.25, -0.2) is 0 Å². The summed E-state index contributed by atoms with van der Waals surface area (Å²) in [6.45, 7) is 4.02. The molecule has 0 aliphatic carbocycles. The summed E-state index contributed by atoms with van der Waals surface area (Å²) in [6.07, 6.45) is 0. The lowest BCUT2D eigenvalue weighted by Crippen LogP contribution is -2.40. The number of alkyl halides is 1. The summed E-state index contributed by atoms with van der Waals surface area (Å²) in [7, 11) is 0. The Morgan fingerprint density at radius 2 is 1.80 bits per heavy atom. The molecule has 0 aliphatic rings. The molecule has 0 atom stereocenters. The molecule has 1 amide bonds. The van der Waals surface area contributed by atoms with Crippen LogP contribution in [0.1, 0.15) is 35.3 Å². The fourth-order valence-electron chi connectivity index (χ4n) is 2.08. The van der Waals surface area contributed by atoms with E-state index in [1.807, 2.05) is 68.4 Å². The molecule has 3 heteroatoms. The largest absolute Gasteiger partial charge is 0.343 e. The Morgan fingerprint density at radius 1 is 1.10 bits per heavy atom. The molecule has 2 rings (SSSR count). The molecule has 0 saturated carbocycles. The van der Waals surface area contributed by atoms with E-state index in [1.165, 1.54) is 0 Å². The second kappa shape index (κ2) is 6.23. The minimum absolute atomic E-state index is 0.0540. The number of carbonyl (C=O) groups is 1. The van der Waals surface area contributed by atoms with Gasteiger partial charge in [-0.1, -0.05) is 58.4 Å². The minimum Gasteiger partial charge on any atom is -0.343 e. The van der Waals surface area contributed by atoms with Crippen LogP contribution in [-0.4, -0.2) is 5.91 Å². The van der Waals surface area contributed by atoms with Crippen molar-refractivity contribution < 1.29 is 4.79 Å². The number of rotatable bonds is 4. The van der Waals surface area contributed by atoms with E-state index >= 15 is 0 Å². The van der Waals surface area contributed by atoms with Crippen molar-refractivity contribution in [3.05, 3.63) is 71.3 Å². The van der Waals surface area contributed by atoms with Crippen LogP contribution in [0.3, 0.4) is 0 Å². The summed E-state index contributed by atoms with van der Waals surface area (Å²) in [4.78, 5) is 12.4. The van der Waals surface area contributed by atoms with Gasteiger partial charge in [0.05, 0.1) is 5.54 Å². The van der Waals surface area contributed by atoms with E-state index in [4.69, 9.17) is 0 Å². The van der Waals surface area contributed by atoms with Crippen LogP contribution in [-0.2, 0) is 10.9 Å². The van der Waals surface area contributed by atoms with Crippen molar-refractivity contribution in [3.8, 4) is 0 Å². The topological polar surface area (TPSA) is 29.1 Å². The predicted molar refractivity (Wildman–Crippen MR) is 86.0 cm³/mol. The van der Waals surface area contributed by atoms with E-state index in [9.17, 15) is 4.79 Å². The Morgan fingerprint density at radius 3 is 2.45 bits per heavy atom. The molecule has 20 heavy (non-hydrogen) atoms. The summed E-state index contributed by atoms with van der Waals surface area (Å²) in [5.74, 6) is -0.0540. The highest BCUT2D eigenvalue weighted by molar-refractivity contribution is 9.08. The minimum atomic E-state index is -0.400. The van der Waals surface area contributed by atoms with Crippen LogP contribution in [0.25, 0.3) is 0 Å². The van der Waals surface area contributed by atoms with Crippen molar-refractivity contribution in [3.63, 3.8) is 0 Å². The van der Waals surface area contributed by atoms with Gasteiger partial charge in [0.25, 0.3) is 5.91 Å². The van der Waals surface area contributed by atoms with Crippen molar-refractivity contribution in [2.24, 2.45) is 0 Å². The number of carbonyl (C=O) groups excluding carboxylic acids is 1. The average Bonchev–Trinajstić information content (AvgIpc) is 2.48. The quantitative estimate of drug-likeness (QED) is 0.834. The molecule has 1 N–H and O–H groups in total. The molecule has 0 unspecified atom stereocenters. The number of halogens is 1. The van der Waals surface area contributed by atoms with E-state index in [-0.39, 0.29) is 5.91 Å². The van der Waals surface area contributed by atoms with Gasteiger partial charge in [-0.3, -0.25) is 4.79 Å². The fourth-order valence-corrected chi connectivity index (χ4v) is 2.43. The van der Waals surface area contributed by atoms with Gasteiger partial charge >= 0.3 is 0 Å². The van der Waals surface area contributed by atoms with Gasteiger partial charge in [0.15, 0.2) is 0 Å². The van der Waals surface area contributed by atoms with Gasteiger partial charge in [-0.15, -0.1) is 0 Å². The first-order valence-corrected chi connectivity index (χ1v) is 7.68.